The van der Waals surface area contributed by atoms with Crippen LogP contribution in [0.3, 0.4) is 0 Å². The lowest BCUT2D eigenvalue weighted by molar-refractivity contribution is 0.581. The number of halogens is 1. The first-order valence-corrected chi connectivity index (χ1v) is 6.38. The van der Waals surface area contributed by atoms with E-state index in [2.05, 4.69) is 21.0 Å². The van der Waals surface area contributed by atoms with Gasteiger partial charge >= 0.3 is 0 Å². The fraction of sp³-hybridized carbons (Fsp3) is 0.125. The minimum absolute atomic E-state index is 0.0267. The SMILES string of the molecule is Cn1nc2ccc(Br)cc2c1S(N)(=O)=O. The molecule has 15 heavy (non-hydrogen) atoms. The molecule has 0 aliphatic rings. The third-order valence-electron chi connectivity index (χ3n) is 2.01. The molecule has 1 heterocycles. The number of aryl methyl sites for hydroxylation is 1. The summed E-state index contributed by atoms with van der Waals surface area (Å²) in [4.78, 5) is 0. The third kappa shape index (κ3) is 1.77. The van der Waals surface area contributed by atoms with E-state index in [-0.39, 0.29) is 5.03 Å². The highest BCUT2D eigenvalue weighted by Crippen LogP contribution is 2.24. The summed E-state index contributed by atoms with van der Waals surface area (Å²) in [7, 11) is -2.20. The van der Waals surface area contributed by atoms with Gasteiger partial charge in [-0.2, -0.15) is 5.10 Å². The number of nitrogens with zero attached hydrogens (tertiary/aromatic N) is 2. The largest absolute Gasteiger partial charge is 0.255 e. The molecule has 0 fully saturated rings. The summed E-state index contributed by atoms with van der Waals surface area (Å²) in [6.45, 7) is 0. The number of rotatable bonds is 1. The van der Waals surface area contributed by atoms with Crippen LogP contribution in [-0.2, 0) is 17.1 Å². The highest BCUT2D eigenvalue weighted by Gasteiger charge is 2.18. The quantitative estimate of drug-likeness (QED) is 0.850. The van der Waals surface area contributed by atoms with Crippen molar-refractivity contribution in [3.05, 3.63) is 22.7 Å². The Morgan fingerprint density at radius 3 is 2.73 bits per heavy atom. The fourth-order valence-corrected chi connectivity index (χ4v) is 2.73. The smallest absolute Gasteiger partial charge is 0.255 e. The number of benzene rings is 1. The molecule has 0 aliphatic carbocycles. The van der Waals surface area contributed by atoms with Crippen LogP contribution in [0.1, 0.15) is 0 Å². The Bertz CT molecular complexity index is 633. The van der Waals surface area contributed by atoms with E-state index in [0.29, 0.717) is 10.9 Å². The standard InChI is InChI=1S/C8H8BrN3O2S/c1-12-8(15(10,13)14)6-4-5(9)2-3-7(6)11-12/h2-4H,1H3,(H2,10,13,14). The predicted octanol–water partition coefficient (Wildman–Crippen LogP) is 0.983. The molecule has 1 aromatic carbocycles. The summed E-state index contributed by atoms with van der Waals surface area (Å²) in [5.74, 6) is 0. The average Bonchev–Trinajstić information content (AvgIpc) is 2.38. The van der Waals surface area contributed by atoms with Crippen LogP contribution in [0.2, 0.25) is 0 Å². The molecule has 0 amide bonds. The van der Waals surface area contributed by atoms with Crippen molar-refractivity contribution in [2.45, 2.75) is 5.03 Å². The Kier molecular flexibility index (Phi) is 2.32. The summed E-state index contributed by atoms with van der Waals surface area (Å²) in [6.07, 6.45) is 0. The van der Waals surface area contributed by atoms with Crippen molar-refractivity contribution in [3.63, 3.8) is 0 Å². The Morgan fingerprint density at radius 1 is 1.47 bits per heavy atom. The molecule has 0 atom stereocenters. The van der Waals surface area contributed by atoms with Gasteiger partial charge in [-0.1, -0.05) is 15.9 Å². The molecule has 0 saturated heterocycles. The van der Waals surface area contributed by atoms with E-state index in [4.69, 9.17) is 5.14 Å². The maximum atomic E-state index is 11.3. The molecule has 0 bridgehead atoms. The van der Waals surface area contributed by atoms with E-state index in [1.165, 1.54) is 4.68 Å². The van der Waals surface area contributed by atoms with Gasteiger partial charge in [0.1, 0.15) is 0 Å². The average molecular weight is 290 g/mol. The van der Waals surface area contributed by atoms with Gasteiger partial charge in [0.05, 0.1) is 5.52 Å². The van der Waals surface area contributed by atoms with Gasteiger partial charge in [-0.15, -0.1) is 0 Å². The summed E-state index contributed by atoms with van der Waals surface area (Å²) in [5.41, 5.74) is 0.602. The van der Waals surface area contributed by atoms with Crippen molar-refractivity contribution in [3.8, 4) is 0 Å². The summed E-state index contributed by atoms with van der Waals surface area (Å²) < 4.78 is 24.7. The molecular weight excluding hydrogens is 282 g/mol. The first-order valence-electron chi connectivity index (χ1n) is 4.04. The number of nitrogens with two attached hydrogens (primary N) is 1. The zero-order chi connectivity index (χ0) is 11.2. The molecule has 80 valence electrons. The summed E-state index contributed by atoms with van der Waals surface area (Å²) >= 11 is 3.27. The first-order chi connectivity index (χ1) is 6.89. The van der Waals surface area contributed by atoms with Crippen LogP contribution in [0, 0.1) is 0 Å². The maximum absolute atomic E-state index is 11.3. The lowest BCUT2D eigenvalue weighted by Crippen LogP contribution is -2.16. The Morgan fingerprint density at radius 2 is 2.13 bits per heavy atom. The maximum Gasteiger partial charge on any atom is 0.255 e. The van der Waals surface area contributed by atoms with Gasteiger partial charge in [0.2, 0.25) is 0 Å². The van der Waals surface area contributed by atoms with Gasteiger partial charge in [0.25, 0.3) is 10.0 Å². The van der Waals surface area contributed by atoms with Gasteiger partial charge in [-0.3, -0.25) is 4.68 Å². The van der Waals surface area contributed by atoms with Gasteiger partial charge in [-0.05, 0) is 18.2 Å². The van der Waals surface area contributed by atoms with Crippen molar-refractivity contribution in [2.24, 2.45) is 12.2 Å². The molecule has 0 saturated carbocycles. The van der Waals surface area contributed by atoms with E-state index >= 15 is 0 Å². The number of aromatic nitrogens is 2. The van der Waals surface area contributed by atoms with Crippen LogP contribution >= 0.6 is 15.9 Å². The number of hydrogen-bond donors (Lipinski definition) is 1. The molecule has 0 spiro atoms. The predicted molar refractivity (Wildman–Crippen MR) is 59.8 cm³/mol. The van der Waals surface area contributed by atoms with Crippen LogP contribution in [0.15, 0.2) is 27.7 Å². The van der Waals surface area contributed by atoms with Gasteiger partial charge in [-0.25, -0.2) is 13.6 Å². The van der Waals surface area contributed by atoms with Crippen molar-refractivity contribution in [1.82, 2.24) is 9.78 Å². The number of hydrogen-bond acceptors (Lipinski definition) is 3. The van der Waals surface area contributed by atoms with Crippen molar-refractivity contribution >= 4 is 36.9 Å². The monoisotopic (exact) mass is 289 g/mol. The van der Waals surface area contributed by atoms with Crippen LogP contribution in [0.5, 0.6) is 0 Å². The normalized spacial score (nSPS) is 12.2. The van der Waals surface area contributed by atoms with Crippen LogP contribution in [0.4, 0.5) is 0 Å². The summed E-state index contributed by atoms with van der Waals surface area (Å²) in [5, 5.41) is 9.72. The molecule has 0 aliphatic heterocycles. The Balaban J connectivity index is 2.95. The molecule has 2 aromatic rings. The molecule has 1 aromatic heterocycles. The lowest BCUT2D eigenvalue weighted by Gasteiger charge is -1.98. The summed E-state index contributed by atoms with van der Waals surface area (Å²) in [6, 6.07) is 5.21. The molecule has 5 nitrogen and oxygen atoms in total. The second-order valence-electron chi connectivity index (χ2n) is 3.14. The molecule has 2 rings (SSSR count). The van der Waals surface area contributed by atoms with E-state index in [0.717, 1.165) is 4.47 Å². The van der Waals surface area contributed by atoms with Crippen molar-refractivity contribution in [1.29, 1.82) is 0 Å². The van der Waals surface area contributed by atoms with E-state index in [1.807, 2.05) is 0 Å². The highest BCUT2D eigenvalue weighted by atomic mass is 79.9. The Labute approximate surface area is 95.1 Å². The van der Waals surface area contributed by atoms with Gasteiger partial charge < -0.3 is 0 Å². The second kappa shape index (κ2) is 3.29. The van der Waals surface area contributed by atoms with Crippen molar-refractivity contribution in [2.75, 3.05) is 0 Å². The van der Waals surface area contributed by atoms with Crippen molar-refractivity contribution < 1.29 is 8.42 Å². The zero-order valence-corrected chi connectivity index (χ0v) is 10.2. The minimum Gasteiger partial charge on any atom is -0.255 e. The molecule has 2 N–H and O–H groups in total. The zero-order valence-electron chi connectivity index (χ0n) is 7.81. The van der Waals surface area contributed by atoms with Crippen LogP contribution in [0.25, 0.3) is 10.9 Å². The number of fused-ring (bicyclic) bond motifs is 1. The fourth-order valence-electron chi connectivity index (χ4n) is 1.49. The first kappa shape index (κ1) is 10.6. The van der Waals surface area contributed by atoms with E-state index in [1.54, 1.807) is 25.2 Å². The number of primary sulfonamides is 1. The highest BCUT2D eigenvalue weighted by molar-refractivity contribution is 9.10. The van der Waals surface area contributed by atoms with Crippen LogP contribution in [-0.4, -0.2) is 18.2 Å². The van der Waals surface area contributed by atoms with E-state index in [9.17, 15) is 8.42 Å². The molecule has 0 unspecified atom stereocenters. The third-order valence-corrected chi connectivity index (χ3v) is 3.53. The minimum atomic E-state index is -3.75. The lowest BCUT2D eigenvalue weighted by atomic mass is 10.3. The molecule has 7 heteroatoms. The molecular formula is C8H8BrN3O2S. The van der Waals surface area contributed by atoms with Crippen LogP contribution < -0.4 is 5.14 Å². The number of sulfonamides is 1. The van der Waals surface area contributed by atoms with Gasteiger partial charge in [0, 0.05) is 16.9 Å². The van der Waals surface area contributed by atoms with E-state index < -0.39 is 10.0 Å². The Hall–Kier alpha value is -0.920. The van der Waals surface area contributed by atoms with Gasteiger partial charge in [0.15, 0.2) is 5.03 Å². The second-order valence-corrected chi connectivity index (χ2v) is 5.53. The topological polar surface area (TPSA) is 78.0 Å². The molecule has 0 radical (unpaired) electrons.